The second kappa shape index (κ2) is 7.28. The molecule has 2 aromatic heterocycles. The van der Waals surface area contributed by atoms with Gasteiger partial charge in [0.25, 0.3) is 0 Å². The zero-order valence-corrected chi connectivity index (χ0v) is 12.8. The Morgan fingerprint density at radius 2 is 2.10 bits per heavy atom. The third-order valence-electron chi connectivity index (χ3n) is 2.90. The number of nitrogens with two attached hydrogens (primary N) is 1. The Labute approximate surface area is 123 Å². The van der Waals surface area contributed by atoms with E-state index in [4.69, 9.17) is 5.73 Å². The van der Waals surface area contributed by atoms with E-state index in [1.165, 1.54) is 12.8 Å². The van der Waals surface area contributed by atoms with Gasteiger partial charge in [0.15, 0.2) is 10.8 Å². The molecule has 0 aliphatic rings. The van der Waals surface area contributed by atoms with E-state index in [1.807, 2.05) is 6.07 Å². The minimum Gasteiger partial charge on any atom is -0.397 e. The molecule has 0 bridgehead atoms. The Hall–Kier alpha value is -1.56. The number of nitrogen functional groups attached to an aromatic ring is 1. The molecule has 108 valence electrons. The summed E-state index contributed by atoms with van der Waals surface area (Å²) in [5, 5.41) is 5.04. The first-order chi connectivity index (χ1) is 9.74. The van der Waals surface area contributed by atoms with Crippen molar-refractivity contribution in [3.8, 4) is 0 Å². The molecule has 0 aliphatic heterocycles. The molecule has 2 heterocycles. The van der Waals surface area contributed by atoms with Gasteiger partial charge in [-0.05, 0) is 18.2 Å². The number of fused-ring (bicyclic) bond motifs is 1. The summed E-state index contributed by atoms with van der Waals surface area (Å²) >= 11 is 1.62. The van der Waals surface area contributed by atoms with E-state index in [-0.39, 0.29) is 0 Å². The third kappa shape index (κ3) is 3.72. The van der Waals surface area contributed by atoms with Crippen LogP contribution in [0.4, 0.5) is 11.5 Å². The number of anilines is 2. The Balaban J connectivity index is 2.29. The number of hydrogen-bond acceptors (Lipinski definition) is 6. The summed E-state index contributed by atoms with van der Waals surface area (Å²) in [4.78, 5) is 13.3. The summed E-state index contributed by atoms with van der Waals surface area (Å²) in [6, 6.07) is 1.88. The first-order valence-corrected chi connectivity index (χ1v) is 8.03. The van der Waals surface area contributed by atoms with Crippen LogP contribution >= 0.6 is 11.8 Å². The Morgan fingerprint density at radius 3 is 2.85 bits per heavy atom. The van der Waals surface area contributed by atoms with Gasteiger partial charge in [-0.3, -0.25) is 0 Å². The quantitative estimate of drug-likeness (QED) is 0.463. The lowest BCUT2D eigenvalue weighted by Gasteiger charge is -2.10. The van der Waals surface area contributed by atoms with Crippen molar-refractivity contribution in [2.45, 2.75) is 38.3 Å². The first-order valence-electron chi connectivity index (χ1n) is 7.04. The van der Waals surface area contributed by atoms with Crippen molar-refractivity contribution in [2.75, 3.05) is 23.3 Å². The maximum Gasteiger partial charge on any atom is 0.191 e. The zero-order valence-electron chi connectivity index (χ0n) is 12.0. The summed E-state index contributed by atoms with van der Waals surface area (Å²) in [6.45, 7) is 5.19. The van der Waals surface area contributed by atoms with Crippen molar-refractivity contribution in [1.29, 1.82) is 0 Å². The lowest BCUT2D eigenvalue weighted by molar-refractivity contribution is 0.741. The molecule has 0 atom stereocenters. The van der Waals surface area contributed by atoms with Crippen molar-refractivity contribution < 1.29 is 0 Å². The molecule has 0 unspecified atom stereocenters. The molecule has 0 saturated heterocycles. The molecule has 2 rings (SSSR count). The SMILES string of the molecule is CCCCCNc1nc(SCC)nc2ncc(N)cc12. The van der Waals surface area contributed by atoms with Gasteiger partial charge >= 0.3 is 0 Å². The summed E-state index contributed by atoms with van der Waals surface area (Å²) in [7, 11) is 0. The number of nitrogens with one attached hydrogen (secondary N) is 1. The number of aromatic nitrogens is 3. The number of hydrogen-bond donors (Lipinski definition) is 2. The molecule has 0 amide bonds. The number of thioether (sulfide) groups is 1. The average molecular weight is 291 g/mol. The van der Waals surface area contributed by atoms with Gasteiger partial charge in [-0.25, -0.2) is 15.0 Å². The smallest absolute Gasteiger partial charge is 0.191 e. The Kier molecular flexibility index (Phi) is 5.40. The van der Waals surface area contributed by atoms with Gasteiger partial charge in [-0.1, -0.05) is 38.5 Å². The van der Waals surface area contributed by atoms with Crippen LogP contribution in [-0.4, -0.2) is 27.2 Å². The molecule has 2 aromatic rings. The summed E-state index contributed by atoms with van der Waals surface area (Å²) in [5.41, 5.74) is 7.15. The van der Waals surface area contributed by atoms with Gasteiger partial charge in [0, 0.05) is 6.54 Å². The standard InChI is InChI=1S/C14H21N5S/c1-3-5-6-7-16-12-11-8-10(15)9-17-13(11)19-14(18-12)20-4-2/h8-9H,3-7,15H2,1-2H3,(H,16,17,18,19). The maximum absolute atomic E-state index is 5.81. The highest BCUT2D eigenvalue weighted by Crippen LogP contribution is 2.24. The molecule has 0 fully saturated rings. The molecular weight excluding hydrogens is 270 g/mol. The van der Waals surface area contributed by atoms with Crippen molar-refractivity contribution in [1.82, 2.24) is 15.0 Å². The molecule has 0 saturated carbocycles. The fourth-order valence-electron chi connectivity index (χ4n) is 1.92. The fraction of sp³-hybridized carbons (Fsp3) is 0.500. The van der Waals surface area contributed by atoms with Crippen LogP contribution < -0.4 is 11.1 Å². The van der Waals surface area contributed by atoms with Crippen molar-refractivity contribution >= 4 is 34.3 Å². The van der Waals surface area contributed by atoms with Crippen LogP contribution in [0.5, 0.6) is 0 Å². The fourth-order valence-corrected chi connectivity index (χ4v) is 2.48. The molecule has 6 heteroatoms. The lowest BCUT2D eigenvalue weighted by Crippen LogP contribution is -2.06. The molecular formula is C14H21N5S. The number of nitrogens with zero attached hydrogens (tertiary/aromatic N) is 3. The molecule has 0 spiro atoms. The van der Waals surface area contributed by atoms with E-state index in [1.54, 1.807) is 18.0 Å². The van der Waals surface area contributed by atoms with Crippen LogP contribution in [0.2, 0.25) is 0 Å². The molecule has 3 N–H and O–H groups in total. The molecule has 0 aromatic carbocycles. The van der Waals surface area contributed by atoms with E-state index >= 15 is 0 Å². The van der Waals surface area contributed by atoms with Gasteiger partial charge in [0.1, 0.15) is 5.82 Å². The second-order valence-corrected chi connectivity index (χ2v) is 5.79. The largest absolute Gasteiger partial charge is 0.397 e. The average Bonchev–Trinajstić information content (AvgIpc) is 2.44. The van der Waals surface area contributed by atoms with Gasteiger partial charge in [-0.2, -0.15) is 0 Å². The highest BCUT2D eigenvalue weighted by Gasteiger charge is 2.09. The van der Waals surface area contributed by atoms with Gasteiger partial charge in [0.05, 0.1) is 17.3 Å². The number of unbranched alkanes of at least 4 members (excludes halogenated alkanes) is 2. The van der Waals surface area contributed by atoms with Crippen molar-refractivity contribution in [3.05, 3.63) is 12.3 Å². The van der Waals surface area contributed by atoms with E-state index < -0.39 is 0 Å². The van der Waals surface area contributed by atoms with E-state index in [9.17, 15) is 0 Å². The molecule has 0 radical (unpaired) electrons. The summed E-state index contributed by atoms with van der Waals surface area (Å²) in [5.74, 6) is 1.78. The van der Waals surface area contributed by atoms with Crippen molar-refractivity contribution in [2.24, 2.45) is 0 Å². The summed E-state index contributed by atoms with van der Waals surface area (Å²) in [6.07, 6.45) is 5.19. The van der Waals surface area contributed by atoms with Crippen molar-refractivity contribution in [3.63, 3.8) is 0 Å². The van der Waals surface area contributed by atoms with Crippen LogP contribution in [0, 0.1) is 0 Å². The minimum absolute atomic E-state index is 0.633. The van der Waals surface area contributed by atoms with E-state index in [0.29, 0.717) is 11.3 Å². The van der Waals surface area contributed by atoms with Crippen LogP contribution in [0.15, 0.2) is 17.4 Å². The zero-order chi connectivity index (χ0) is 14.4. The molecule has 20 heavy (non-hydrogen) atoms. The Morgan fingerprint density at radius 1 is 1.25 bits per heavy atom. The van der Waals surface area contributed by atoms with E-state index in [0.717, 1.165) is 35.1 Å². The monoisotopic (exact) mass is 291 g/mol. The second-order valence-electron chi connectivity index (χ2n) is 4.56. The first kappa shape index (κ1) is 14.8. The molecule has 0 aliphatic carbocycles. The topological polar surface area (TPSA) is 76.7 Å². The van der Waals surface area contributed by atoms with Crippen LogP contribution in [0.3, 0.4) is 0 Å². The predicted molar refractivity (Wildman–Crippen MR) is 86.2 cm³/mol. The molecule has 5 nitrogen and oxygen atoms in total. The minimum atomic E-state index is 0.633. The third-order valence-corrected chi connectivity index (χ3v) is 3.63. The maximum atomic E-state index is 5.81. The number of rotatable bonds is 7. The van der Waals surface area contributed by atoms with Gasteiger partial charge < -0.3 is 11.1 Å². The van der Waals surface area contributed by atoms with Gasteiger partial charge in [-0.15, -0.1) is 0 Å². The normalized spacial score (nSPS) is 10.9. The predicted octanol–water partition coefficient (Wildman–Crippen LogP) is 3.32. The highest BCUT2D eigenvalue weighted by molar-refractivity contribution is 7.99. The highest BCUT2D eigenvalue weighted by atomic mass is 32.2. The van der Waals surface area contributed by atoms with Crippen LogP contribution in [0.1, 0.15) is 33.1 Å². The van der Waals surface area contributed by atoms with Gasteiger partial charge in [0.2, 0.25) is 0 Å². The Bertz CT molecular complexity index is 573. The van der Waals surface area contributed by atoms with E-state index in [2.05, 4.69) is 34.1 Å². The van der Waals surface area contributed by atoms with Crippen LogP contribution in [0.25, 0.3) is 11.0 Å². The summed E-state index contributed by atoms with van der Waals surface area (Å²) < 4.78 is 0. The van der Waals surface area contributed by atoms with Crippen LogP contribution in [-0.2, 0) is 0 Å². The lowest BCUT2D eigenvalue weighted by atomic mass is 10.2. The number of pyridine rings is 1.